The number of ether oxygens (including phenoxy) is 3. The molecule has 21 nitrogen and oxygen atoms in total. The van der Waals surface area contributed by atoms with E-state index in [1.807, 2.05) is 6.92 Å². The molecule has 0 aromatic carbocycles. The van der Waals surface area contributed by atoms with Crippen LogP contribution in [0.4, 0.5) is 0 Å². The summed E-state index contributed by atoms with van der Waals surface area (Å²) in [5.41, 5.74) is 0. The summed E-state index contributed by atoms with van der Waals surface area (Å²) < 4.78 is 81.3. The topological polar surface area (TPSA) is 307 Å². The molecule has 41 heavy (non-hydrogen) atoms. The molecule has 1 rings (SSSR count). The van der Waals surface area contributed by atoms with Gasteiger partial charge in [0.1, 0.15) is 24.4 Å². The summed E-state index contributed by atoms with van der Waals surface area (Å²) in [5.74, 6) is -5.13. The van der Waals surface area contributed by atoms with Crippen molar-refractivity contribution in [1.29, 1.82) is 0 Å². The fourth-order valence-electron chi connectivity index (χ4n) is 2.97. The number of unbranched alkanes of at least 4 members (excludes halogenated alkanes) is 1. The Balaban J connectivity index is 3.57. The molecule has 4 unspecified atom stereocenters. The maximum atomic E-state index is 12.6. The van der Waals surface area contributed by atoms with Crippen molar-refractivity contribution in [3.63, 3.8) is 0 Å². The molecule has 6 N–H and O–H groups in total. The highest BCUT2D eigenvalue weighted by Crippen LogP contribution is 2.54. The number of carboxylic acid groups (broad SMARTS) is 3. The average Bonchev–Trinajstić information content (AvgIpc) is 2.86. The molecule has 1 aliphatic heterocycles. The van der Waals surface area contributed by atoms with Gasteiger partial charge in [-0.15, -0.1) is 0 Å². The third-order valence-electron chi connectivity index (χ3n) is 4.57. The van der Waals surface area contributed by atoms with Crippen LogP contribution >= 0.6 is 23.5 Å². The molecular weight excluding hydrogens is 633 g/mol. The van der Waals surface area contributed by atoms with Crippen LogP contribution < -0.4 is 0 Å². The third-order valence-corrected chi connectivity index (χ3v) is 7.46. The molecule has 0 aromatic rings. The third kappa shape index (κ3) is 14.6. The van der Waals surface area contributed by atoms with Crippen LogP contribution in [0, 0.1) is 0 Å². The first kappa shape index (κ1) is 37.6. The highest BCUT2D eigenvalue weighted by atomic mass is 31.2. The molecule has 8 atom stereocenters. The second-order valence-electron chi connectivity index (χ2n) is 7.82. The Labute approximate surface area is 231 Å². The summed E-state index contributed by atoms with van der Waals surface area (Å²) in [6.45, 7) is -2.71. The number of hydrogen-bond donors (Lipinski definition) is 6. The van der Waals surface area contributed by atoms with Crippen molar-refractivity contribution in [3.8, 4) is 0 Å². The largest absolute Gasteiger partial charge is 0.480 e. The summed E-state index contributed by atoms with van der Waals surface area (Å²) in [6.07, 6.45) is -8.98. The summed E-state index contributed by atoms with van der Waals surface area (Å²) in [6, 6.07) is 0. The normalized spacial score (nSPS) is 27.3. The number of hydrogen-bond acceptors (Lipinski definition) is 15. The lowest BCUT2D eigenvalue weighted by Gasteiger charge is -2.45. The lowest BCUT2D eigenvalue weighted by molar-refractivity contribution is -0.287. The highest BCUT2D eigenvalue weighted by Gasteiger charge is 2.55. The molecule has 1 heterocycles. The van der Waals surface area contributed by atoms with Gasteiger partial charge in [-0.25, -0.2) is 28.1 Å². The Bertz CT molecular complexity index is 1020. The molecule has 0 saturated carbocycles. The van der Waals surface area contributed by atoms with Gasteiger partial charge in [-0.2, -0.15) is 0 Å². The minimum absolute atomic E-state index is 0.105. The molecule has 0 bridgehead atoms. The number of aliphatic carboxylic acids is 3. The maximum absolute atomic E-state index is 12.6. The number of rotatable bonds is 21. The van der Waals surface area contributed by atoms with E-state index >= 15 is 0 Å². The molecule has 0 aliphatic carbocycles. The monoisotopic (exact) mass is 664 g/mol. The fourth-order valence-corrected chi connectivity index (χ4v) is 5.61. The van der Waals surface area contributed by atoms with Gasteiger partial charge in [0.05, 0.1) is 6.61 Å². The fraction of sp³-hybridized carbons (Fsp3) is 0.824. The molecule has 24 heteroatoms. The molecule has 1 saturated heterocycles. The van der Waals surface area contributed by atoms with Crippen molar-refractivity contribution < 1.29 is 99.4 Å². The van der Waals surface area contributed by atoms with Crippen molar-refractivity contribution in [3.05, 3.63) is 0 Å². The highest BCUT2D eigenvalue weighted by molar-refractivity contribution is 7.48. The SMILES string of the molecule is CCCCOC[C@H]1OC(OC)[C@@H](OP(=O)(O)OCC(=O)O)[C@@H](OP(=O)(O)OCC(=O)O)[C@@H]1OP(=O)(O)OCC(=O)O. The summed E-state index contributed by atoms with van der Waals surface area (Å²) in [7, 11) is -15.3. The smallest absolute Gasteiger partial charge is 0.473 e. The van der Waals surface area contributed by atoms with E-state index in [9.17, 15) is 42.8 Å². The Morgan fingerprint density at radius 1 is 0.732 bits per heavy atom. The van der Waals surface area contributed by atoms with E-state index in [0.717, 1.165) is 7.11 Å². The van der Waals surface area contributed by atoms with Crippen LogP contribution in [0.5, 0.6) is 0 Å². The van der Waals surface area contributed by atoms with Gasteiger partial charge < -0.3 is 44.2 Å². The number of phosphoric ester groups is 3. The lowest BCUT2D eigenvalue weighted by Crippen LogP contribution is -2.61. The number of methoxy groups -OCH3 is 1. The molecule has 0 radical (unpaired) electrons. The zero-order chi connectivity index (χ0) is 31.4. The first-order valence-corrected chi connectivity index (χ1v) is 15.8. The van der Waals surface area contributed by atoms with Crippen LogP contribution in [0.1, 0.15) is 19.8 Å². The van der Waals surface area contributed by atoms with Crippen LogP contribution in [0.15, 0.2) is 0 Å². The minimum atomic E-state index is -5.49. The van der Waals surface area contributed by atoms with E-state index in [4.69, 9.17) is 43.1 Å². The first-order valence-electron chi connectivity index (χ1n) is 11.3. The zero-order valence-electron chi connectivity index (χ0n) is 21.5. The quantitative estimate of drug-likeness (QED) is 0.0691. The second kappa shape index (κ2) is 17.0. The van der Waals surface area contributed by atoms with Gasteiger partial charge in [0.15, 0.2) is 26.1 Å². The molecule has 0 amide bonds. The molecular formula is C17H31O21P3. The standard InChI is InChI=1S/C17H31O21P3/c1-3-4-5-31-6-10-14(36-39(24,25)32-7-11(18)19)15(37-40(26,27)33-8-12(20)21)16(17(30-2)35-10)38-41(28,29)34-9-13(22)23/h10,14-17H,3-9H2,1-2H3,(H,18,19)(H,20,21)(H,22,23)(H,24,25)(H,26,27)(H,28,29)/t10-,14-,15+,16+,17?/m1/s1. The van der Waals surface area contributed by atoms with Crippen molar-refractivity contribution in [1.82, 2.24) is 0 Å². The van der Waals surface area contributed by atoms with Crippen molar-refractivity contribution in [2.45, 2.75) is 50.5 Å². The van der Waals surface area contributed by atoms with Crippen LogP contribution in [0.3, 0.4) is 0 Å². The molecule has 240 valence electrons. The van der Waals surface area contributed by atoms with Crippen LogP contribution in [0.2, 0.25) is 0 Å². The Hall–Kier alpha value is -1.38. The summed E-state index contributed by atoms with van der Waals surface area (Å²) in [4.78, 5) is 62.7. The van der Waals surface area contributed by atoms with Crippen molar-refractivity contribution in [2.24, 2.45) is 0 Å². The Kier molecular flexibility index (Phi) is 15.7. The number of carbonyl (C=O) groups is 3. The molecule has 1 fully saturated rings. The van der Waals surface area contributed by atoms with Crippen LogP contribution in [-0.4, -0.2) is 119 Å². The predicted octanol–water partition coefficient (Wildman–Crippen LogP) is -0.0652. The van der Waals surface area contributed by atoms with Gasteiger partial charge in [0.2, 0.25) is 0 Å². The van der Waals surface area contributed by atoms with Gasteiger partial charge in [-0.1, -0.05) is 13.3 Å². The number of carboxylic acids is 3. The lowest BCUT2D eigenvalue weighted by atomic mass is 9.99. The summed E-state index contributed by atoms with van der Waals surface area (Å²) >= 11 is 0. The van der Waals surface area contributed by atoms with E-state index < -0.39 is 98.5 Å². The molecule has 1 aliphatic rings. The second-order valence-corrected chi connectivity index (χ2v) is 12.0. The first-order chi connectivity index (χ1) is 18.9. The summed E-state index contributed by atoms with van der Waals surface area (Å²) in [5, 5.41) is 26.3. The molecule has 0 aromatic heterocycles. The van der Waals surface area contributed by atoms with Crippen molar-refractivity contribution >= 4 is 41.4 Å². The van der Waals surface area contributed by atoms with E-state index in [1.165, 1.54) is 0 Å². The van der Waals surface area contributed by atoms with Gasteiger partial charge >= 0.3 is 41.4 Å². The van der Waals surface area contributed by atoms with E-state index in [0.29, 0.717) is 12.8 Å². The van der Waals surface area contributed by atoms with Crippen LogP contribution in [0.25, 0.3) is 0 Å². The van der Waals surface area contributed by atoms with E-state index in [-0.39, 0.29) is 6.61 Å². The van der Waals surface area contributed by atoms with Gasteiger partial charge in [0, 0.05) is 13.7 Å². The average molecular weight is 664 g/mol. The minimum Gasteiger partial charge on any atom is -0.480 e. The van der Waals surface area contributed by atoms with E-state index in [2.05, 4.69) is 13.6 Å². The van der Waals surface area contributed by atoms with E-state index in [1.54, 1.807) is 0 Å². The maximum Gasteiger partial charge on any atom is 0.473 e. The van der Waals surface area contributed by atoms with Gasteiger partial charge in [-0.3, -0.25) is 27.1 Å². The molecule has 0 spiro atoms. The van der Waals surface area contributed by atoms with Gasteiger partial charge in [-0.05, 0) is 6.42 Å². The number of phosphoric acid groups is 3. The Morgan fingerprint density at radius 2 is 1.15 bits per heavy atom. The van der Waals surface area contributed by atoms with Gasteiger partial charge in [0.25, 0.3) is 0 Å². The van der Waals surface area contributed by atoms with Crippen molar-refractivity contribution in [2.75, 3.05) is 40.1 Å². The Morgan fingerprint density at radius 3 is 1.54 bits per heavy atom. The van der Waals surface area contributed by atoms with Crippen LogP contribution in [-0.2, 0) is 69.4 Å². The zero-order valence-corrected chi connectivity index (χ0v) is 24.2. The predicted molar refractivity (Wildman–Crippen MR) is 126 cm³/mol.